The number of hydrogen-bond donors (Lipinski definition) is 2. The van der Waals surface area contributed by atoms with Crippen molar-refractivity contribution in [3.8, 4) is 0 Å². The highest BCUT2D eigenvalue weighted by molar-refractivity contribution is 5.95. The third kappa shape index (κ3) is 3.19. The molecule has 2 heterocycles. The molecule has 2 aliphatic rings. The summed E-state index contributed by atoms with van der Waals surface area (Å²) in [5, 5.41) is 12.9. The minimum atomic E-state index is -1.41. The lowest BCUT2D eigenvalue weighted by Gasteiger charge is -2.41. The Morgan fingerprint density at radius 3 is 2.46 bits per heavy atom. The number of rotatable bonds is 3. The van der Waals surface area contributed by atoms with Gasteiger partial charge in [-0.1, -0.05) is 17.7 Å². The molecule has 7 heteroatoms. The molecule has 2 saturated heterocycles. The summed E-state index contributed by atoms with van der Waals surface area (Å²) in [5.74, 6) is -2.14. The third-order valence-electron chi connectivity index (χ3n) is 5.33. The Balaban J connectivity index is 1.73. The van der Waals surface area contributed by atoms with Gasteiger partial charge in [0.15, 0.2) is 0 Å². The Morgan fingerprint density at radius 2 is 1.88 bits per heavy atom. The van der Waals surface area contributed by atoms with Crippen molar-refractivity contribution in [2.75, 3.05) is 19.7 Å². The highest BCUT2D eigenvalue weighted by atomic mass is 16.5. The van der Waals surface area contributed by atoms with Gasteiger partial charge in [-0.25, -0.2) is 0 Å². The second-order valence-corrected chi connectivity index (χ2v) is 6.98. The van der Waals surface area contributed by atoms with Gasteiger partial charge in [-0.2, -0.15) is 0 Å². The van der Waals surface area contributed by atoms with E-state index in [0.717, 1.165) is 5.56 Å². The van der Waals surface area contributed by atoms with Crippen molar-refractivity contribution >= 4 is 17.8 Å². The Kier molecular flexibility index (Phi) is 5.00. The Hall–Kier alpha value is -2.41. The van der Waals surface area contributed by atoms with Gasteiger partial charge < -0.3 is 20.1 Å². The van der Waals surface area contributed by atoms with Crippen LogP contribution in [0.2, 0.25) is 0 Å². The van der Waals surface area contributed by atoms with Crippen LogP contribution >= 0.6 is 0 Å². The van der Waals surface area contributed by atoms with Gasteiger partial charge in [0.05, 0.1) is 12.1 Å². The molecule has 0 radical (unpaired) electrons. The summed E-state index contributed by atoms with van der Waals surface area (Å²) in [6, 6.07) is 7.38. The van der Waals surface area contributed by atoms with E-state index >= 15 is 0 Å². The van der Waals surface area contributed by atoms with Crippen molar-refractivity contribution in [3.63, 3.8) is 0 Å². The van der Waals surface area contributed by atoms with Crippen LogP contribution in [-0.2, 0) is 14.3 Å². The predicted octanol–water partition coefficient (Wildman–Crippen LogP) is 0.640. The van der Waals surface area contributed by atoms with E-state index in [0.29, 0.717) is 31.5 Å². The molecule has 0 unspecified atom stereocenters. The van der Waals surface area contributed by atoms with Crippen LogP contribution in [0.25, 0.3) is 0 Å². The van der Waals surface area contributed by atoms with Gasteiger partial charge in [0.25, 0.3) is 5.91 Å². The smallest absolute Gasteiger partial charge is 0.314 e. The molecule has 140 valence electrons. The molecule has 26 heavy (non-hydrogen) atoms. The summed E-state index contributed by atoms with van der Waals surface area (Å²) >= 11 is 0. The van der Waals surface area contributed by atoms with Crippen molar-refractivity contribution in [3.05, 3.63) is 35.4 Å². The monoisotopic (exact) mass is 360 g/mol. The standard InChI is InChI=1S/C19H24N2O5/c1-3-26-18(25)14-15(22)16(23)20-19(14)8-10-21(11-9-19)17(24)13-6-4-12(2)5-7-13/h4-7,14-15,22H,3,8-11H2,1-2H3,(H,20,23)/t14-,15-/m1/s1. The number of carbonyl (C=O) groups is 3. The first kappa shape index (κ1) is 18.4. The minimum absolute atomic E-state index is 0.0718. The number of ether oxygens (including phenoxy) is 1. The number of nitrogens with one attached hydrogen (secondary N) is 1. The number of benzene rings is 1. The number of aliphatic hydroxyl groups excluding tert-OH is 1. The zero-order chi connectivity index (χ0) is 18.9. The molecule has 1 aromatic carbocycles. The van der Waals surface area contributed by atoms with Gasteiger partial charge in [-0.15, -0.1) is 0 Å². The van der Waals surface area contributed by atoms with E-state index in [9.17, 15) is 19.5 Å². The molecule has 2 amide bonds. The number of aryl methyl sites for hydroxylation is 1. The maximum Gasteiger partial charge on any atom is 0.314 e. The molecule has 2 N–H and O–H groups in total. The van der Waals surface area contributed by atoms with Crippen LogP contribution in [0.15, 0.2) is 24.3 Å². The fraction of sp³-hybridized carbons (Fsp3) is 0.526. The van der Waals surface area contributed by atoms with Crippen LogP contribution in [0.1, 0.15) is 35.7 Å². The van der Waals surface area contributed by atoms with Gasteiger partial charge in [-0.3, -0.25) is 14.4 Å². The maximum absolute atomic E-state index is 12.7. The van der Waals surface area contributed by atoms with Gasteiger partial charge in [-0.05, 0) is 38.8 Å². The molecule has 3 rings (SSSR count). The molecule has 7 nitrogen and oxygen atoms in total. The van der Waals surface area contributed by atoms with Crippen molar-refractivity contribution < 1.29 is 24.2 Å². The fourth-order valence-corrected chi connectivity index (χ4v) is 3.86. The van der Waals surface area contributed by atoms with E-state index in [1.54, 1.807) is 24.0 Å². The van der Waals surface area contributed by atoms with Gasteiger partial charge in [0, 0.05) is 18.7 Å². The maximum atomic E-state index is 12.7. The Morgan fingerprint density at radius 1 is 1.27 bits per heavy atom. The molecule has 1 spiro atoms. The average molecular weight is 360 g/mol. The molecule has 0 aromatic heterocycles. The highest BCUT2D eigenvalue weighted by Crippen LogP contribution is 2.38. The molecule has 2 aliphatic heterocycles. The average Bonchev–Trinajstić information content (AvgIpc) is 2.86. The summed E-state index contributed by atoms with van der Waals surface area (Å²) in [5.41, 5.74) is 0.843. The van der Waals surface area contributed by atoms with Crippen LogP contribution < -0.4 is 5.32 Å². The molecular formula is C19H24N2O5. The normalized spacial score (nSPS) is 24.4. The number of likely N-dealkylation sites (tertiary alicyclic amines) is 1. The number of amides is 2. The van der Waals surface area contributed by atoms with E-state index < -0.39 is 29.4 Å². The minimum Gasteiger partial charge on any atom is -0.466 e. The summed E-state index contributed by atoms with van der Waals surface area (Å²) in [7, 11) is 0. The van der Waals surface area contributed by atoms with E-state index in [1.165, 1.54) is 0 Å². The zero-order valence-corrected chi connectivity index (χ0v) is 15.0. The molecule has 2 atom stereocenters. The lowest BCUT2D eigenvalue weighted by molar-refractivity contribution is -0.155. The topological polar surface area (TPSA) is 95.9 Å². The fourth-order valence-electron chi connectivity index (χ4n) is 3.86. The molecule has 0 saturated carbocycles. The molecule has 1 aromatic rings. The van der Waals surface area contributed by atoms with E-state index in [2.05, 4.69) is 5.32 Å². The summed E-state index contributed by atoms with van der Waals surface area (Å²) in [6.45, 7) is 4.63. The van der Waals surface area contributed by atoms with Crippen LogP contribution in [-0.4, -0.2) is 59.1 Å². The summed E-state index contributed by atoms with van der Waals surface area (Å²) in [6.07, 6.45) is -0.610. The number of aliphatic hydroxyl groups is 1. The van der Waals surface area contributed by atoms with Crippen molar-refractivity contribution in [1.82, 2.24) is 10.2 Å². The molecule has 2 fully saturated rings. The van der Waals surface area contributed by atoms with Gasteiger partial charge in [0.1, 0.15) is 12.0 Å². The number of esters is 1. The number of hydrogen-bond acceptors (Lipinski definition) is 5. The molecular weight excluding hydrogens is 336 g/mol. The lowest BCUT2D eigenvalue weighted by atomic mass is 9.76. The van der Waals surface area contributed by atoms with Crippen molar-refractivity contribution in [2.45, 2.75) is 38.3 Å². The highest BCUT2D eigenvalue weighted by Gasteiger charge is 2.57. The summed E-state index contributed by atoms with van der Waals surface area (Å²) in [4.78, 5) is 38.7. The first-order valence-corrected chi connectivity index (χ1v) is 8.90. The van der Waals surface area contributed by atoms with Crippen LogP contribution in [0.5, 0.6) is 0 Å². The van der Waals surface area contributed by atoms with Crippen molar-refractivity contribution in [1.29, 1.82) is 0 Å². The van der Waals surface area contributed by atoms with E-state index in [1.807, 2.05) is 19.1 Å². The third-order valence-corrected chi connectivity index (χ3v) is 5.33. The first-order valence-electron chi connectivity index (χ1n) is 8.90. The summed E-state index contributed by atoms with van der Waals surface area (Å²) < 4.78 is 5.06. The van der Waals surface area contributed by atoms with Crippen molar-refractivity contribution in [2.24, 2.45) is 5.92 Å². The zero-order valence-electron chi connectivity index (χ0n) is 15.0. The Labute approximate surface area is 152 Å². The number of piperidine rings is 1. The van der Waals surface area contributed by atoms with Crippen LogP contribution in [0.4, 0.5) is 0 Å². The Bertz CT molecular complexity index is 707. The molecule has 0 bridgehead atoms. The van der Waals surface area contributed by atoms with Crippen LogP contribution in [0.3, 0.4) is 0 Å². The molecule has 0 aliphatic carbocycles. The van der Waals surface area contributed by atoms with Gasteiger partial charge >= 0.3 is 5.97 Å². The first-order chi connectivity index (χ1) is 12.4. The second-order valence-electron chi connectivity index (χ2n) is 6.98. The number of carbonyl (C=O) groups excluding carboxylic acids is 3. The van der Waals surface area contributed by atoms with E-state index in [-0.39, 0.29) is 12.5 Å². The second kappa shape index (κ2) is 7.07. The van der Waals surface area contributed by atoms with Crippen LogP contribution in [0, 0.1) is 12.8 Å². The SMILES string of the molecule is CCOC(=O)[C@H]1[C@@H](O)C(=O)NC12CCN(C(=O)c1ccc(C)cc1)CC2. The number of nitrogens with zero attached hydrogens (tertiary/aromatic N) is 1. The lowest BCUT2D eigenvalue weighted by Crippen LogP contribution is -2.57. The quantitative estimate of drug-likeness (QED) is 0.771. The van der Waals surface area contributed by atoms with Gasteiger partial charge in [0.2, 0.25) is 5.91 Å². The van der Waals surface area contributed by atoms with E-state index in [4.69, 9.17) is 4.74 Å². The largest absolute Gasteiger partial charge is 0.466 e. The predicted molar refractivity (Wildman–Crippen MR) is 93.3 cm³/mol.